The monoisotopic (exact) mass is 311 g/mol. The van der Waals surface area contributed by atoms with Crippen molar-refractivity contribution in [1.82, 2.24) is 10.2 Å². The van der Waals surface area contributed by atoms with Crippen molar-refractivity contribution in [2.75, 3.05) is 17.9 Å². The molecule has 0 aliphatic rings. The molecule has 0 bridgehead atoms. The number of anilines is 1. The number of rotatable bonds is 7. The molecular weight excluding hydrogens is 294 g/mol. The standard InChI is InChI=1S/C13H17N3O4S/c1-3-19-12-6-5-11(7-13(12)20-4-2)21(17,18)16-10-8-14-15-9-10/h5-9,16H,3-4H2,1-2H3,(H,14,15). The van der Waals surface area contributed by atoms with E-state index >= 15 is 0 Å². The SMILES string of the molecule is CCOc1ccc(S(=O)(=O)Nc2cn[nH]c2)cc1OCC. The van der Waals surface area contributed by atoms with Crippen molar-refractivity contribution in [3.05, 3.63) is 30.6 Å². The number of aromatic amines is 1. The van der Waals surface area contributed by atoms with Gasteiger partial charge in [0.1, 0.15) is 0 Å². The Morgan fingerprint density at radius 3 is 2.52 bits per heavy atom. The Hall–Kier alpha value is -2.22. The van der Waals surface area contributed by atoms with E-state index in [1.807, 2.05) is 13.8 Å². The molecule has 0 fully saturated rings. The molecule has 1 aromatic heterocycles. The number of benzene rings is 1. The minimum Gasteiger partial charge on any atom is -0.490 e. The average molecular weight is 311 g/mol. The van der Waals surface area contributed by atoms with Gasteiger partial charge < -0.3 is 9.47 Å². The Labute approximate surface area is 123 Å². The van der Waals surface area contributed by atoms with Crippen LogP contribution in [-0.2, 0) is 10.0 Å². The highest BCUT2D eigenvalue weighted by Gasteiger charge is 2.18. The minimum absolute atomic E-state index is 0.0932. The topological polar surface area (TPSA) is 93.3 Å². The maximum absolute atomic E-state index is 12.3. The lowest BCUT2D eigenvalue weighted by Gasteiger charge is -2.13. The van der Waals surface area contributed by atoms with E-state index in [2.05, 4.69) is 14.9 Å². The van der Waals surface area contributed by atoms with Crippen LogP contribution >= 0.6 is 0 Å². The summed E-state index contributed by atoms with van der Waals surface area (Å²) in [6.45, 7) is 4.56. The maximum atomic E-state index is 12.3. The first-order chi connectivity index (χ1) is 10.1. The number of aromatic nitrogens is 2. The second-order valence-corrected chi connectivity index (χ2v) is 5.75. The molecule has 0 spiro atoms. The van der Waals surface area contributed by atoms with E-state index in [-0.39, 0.29) is 4.90 Å². The molecule has 0 amide bonds. The Morgan fingerprint density at radius 2 is 1.90 bits per heavy atom. The fourth-order valence-electron chi connectivity index (χ4n) is 1.72. The largest absolute Gasteiger partial charge is 0.490 e. The quantitative estimate of drug-likeness (QED) is 0.816. The third kappa shape index (κ3) is 3.66. The number of nitrogens with zero attached hydrogens (tertiary/aromatic N) is 1. The number of H-pyrrole nitrogens is 1. The van der Waals surface area contributed by atoms with Crippen molar-refractivity contribution in [2.45, 2.75) is 18.7 Å². The summed E-state index contributed by atoms with van der Waals surface area (Å²) in [6.07, 6.45) is 2.84. The Kier molecular flexibility index (Phi) is 4.69. The second kappa shape index (κ2) is 6.49. The fraction of sp³-hybridized carbons (Fsp3) is 0.308. The molecule has 0 unspecified atom stereocenters. The number of ether oxygens (including phenoxy) is 2. The van der Waals surface area contributed by atoms with Crippen LogP contribution in [-0.4, -0.2) is 31.8 Å². The van der Waals surface area contributed by atoms with E-state index in [9.17, 15) is 8.42 Å². The van der Waals surface area contributed by atoms with Crippen molar-refractivity contribution in [1.29, 1.82) is 0 Å². The maximum Gasteiger partial charge on any atom is 0.262 e. The molecule has 2 aromatic rings. The van der Waals surface area contributed by atoms with Gasteiger partial charge in [0.05, 0.1) is 30.0 Å². The molecule has 2 N–H and O–H groups in total. The van der Waals surface area contributed by atoms with Gasteiger partial charge in [0.25, 0.3) is 10.0 Å². The van der Waals surface area contributed by atoms with Crippen LogP contribution in [0.4, 0.5) is 5.69 Å². The zero-order valence-electron chi connectivity index (χ0n) is 11.8. The predicted molar refractivity (Wildman–Crippen MR) is 78.2 cm³/mol. The van der Waals surface area contributed by atoms with Gasteiger partial charge >= 0.3 is 0 Å². The summed E-state index contributed by atoms with van der Waals surface area (Å²) in [4.78, 5) is 0.0932. The summed E-state index contributed by atoms with van der Waals surface area (Å²) in [5.41, 5.74) is 0.363. The van der Waals surface area contributed by atoms with E-state index in [1.165, 1.54) is 24.5 Å². The molecule has 0 aliphatic carbocycles. The first-order valence-corrected chi connectivity index (χ1v) is 7.96. The van der Waals surface area contributed by atoms with E-state index in [0.29, 0.717) is 30.4 Å². The first-order valence-electron chi connectivity index (χ1n) is 6.48. The van der Waals surface area contributed by atoms with Crippen molar-refractivity contribution in [2.24, 2.45) is 0 Å². The van der Waals surface area contributed by atoms with Gasteiger partial charge in [0.2, 0.25) is 0 Å². The van der Waals surface area contributed by atoms with Crippen molar-refractivity contribution >= 4 is 15.7 Å². The fourth-order valence-corrected chi connectivity index (χ4v) is 2.77. The highest BCUT2D eigenvalue weighted by atomic mass is 32.2. The van der Waals surface area contributed by atoms with Gasteiger partial charge in [0, 0.05) is 12.3 Å². The van der Waals surface area contributed by atoms with Crippen LogP contribution in [0.25, 0.3) is 0 Å². The number of sulfonamides is 1. The second-order valence-electron chi connectivity index (χ2n) is 4.07. The number of nitrogens with one attached hydrogen (secondary N) is 2. The molecule has 0 radical (unpaired) electrons. The third-order valence-electron chi connectivity index (χ3n) is 2.58. The number of hydrogen-bond donors (Lipinski definition) is 2. The molecule has 0 aliphatic heterocycles. The molecule has 7 nitrogen and oxygen atoms in total. The summed E-state index contributed by atoms with van der Waals surface area (Å²) < 4.78 is 37.8. The molecule has 8 heteroatoms. The Balaban J connectivity index is 2.32. The van der Waals surface area contributed by atoms with Gasteiger partial charge in [-0.05, 0) is 26.0 Å². The van der Waals surface area contributed by atoms with Crippen LogP contribution in [0.2, 0.25) is 0 Å². The van der Waals surface area contributed by atoms with E-state index < -0.39 is 10.0 Å². The van der Waals surface area contributed by atoms with E-state index in [1.54, 1.807) is 6.07 Å². The highest BCUT2D eigenvalue weighted by molar-refractivity contribution is 7.92. The zero-order chi connectivity index (χ0) is 15.3. The number of hydrogen-bond acceptors (Lipinski definition) is 5. The molecule has 0 saturated carbocycles. The Morgan fingerprint density at radius 1 is 1.19 bits per heavy atom. The Bertz CT molecular complexity index is 683. The summed E-state index contributed by atoms with van der Waals surface area (Å²) in [5, 5.41) is 6.23. The lowest BCUT2D eigenvalue weighted by atomic mass is 10.3. The van der Waals surface area contributed by atoms with Crippen LogP contribution in [0.1, 0.15) is 13.8 Å². The summed E-state index contributed by atoms with van der Waals surface area (Å²) in [7, 11) is -3.70. The third-order valence-corrected chi connectivity index (χ3v) is 3.95. The lowest BCUT2D eigenvalue weighted by Crippen LogP contribution is -2.13. The van der Waals surface area contributed by atoms with Gasteiger partial charge in [0.15, 0.2) is 11.5 Å². The normalized spacial score (nSPS) is 11.1. The van der Waals surface area contributed by atoms with Crippen molar-refractivity contribution in [3.8, 4) is 11.5 Å². The van der Waals surface area contributed by atoms with Crippen molar-refractivity contribution in [3.63, 3.8) is 0 Å². The van der Waals surface area contributed by atoms with Gasteiger partial charge in [-0.3, -0.25) is 9.82 Å². The van der Waals surface area contributed by atoms with Crippen LogP contribution in [0.3, 0.4) is 0 Å². The van der Waals surface area contributed by atoms with Crippen LogP contribution in [0.15, 0.2) is 35.5 Å². The molecule has 0 atom stereocenters. The molecule has 21 heavy (non-hydrogen) atoms. The zero-order valence-corrected chi connectivity index (χ0v) is 12.6. The van der Waals surface area contributed by atoms with E-state index in [0.717, 1.165) is 0 Å². The van der Waals surface area contributed by atoms with Gasteiger partial charge in [-0.1, -0.05) is 0 Å². The molecule has 1 aromatic carbocycles. The minimum atomic E-state index is -3.70. The van der Waals surface area contributed by atoms with Gasteiger partial charge in [-0.15, -0.1) is 0 Å². The van der Waals surface area contributed by atoms with Gasteiger partial charge in [-0.2, -0.15) is 5.10 Å². The molecular formula is C13H17N3O4S. The summed E-state index contributed by atoms with van der Waals surface area (Å²) in [5.74, 6) is 0.913. The molecule has 1 heterocycles. The molecule has 0 saturated heterocycles. The summed E-state index contributed by atoms with van der Waals surface area (Å²) >= 11 is 0. The van der Waals surface area contributed by atoms with Crippen LogP contribution in [0, 0.1) is 0 Å². The van der Waals surface area contributed by atoms with Crippen LogP contribution < -0.4 is 14.2 Å². The van der Waals surface area contributed by atoms with Crippen molar-refractivity contribution < 1.29 is 17.9 Å². The average Bonchev–Trinajstić information content (AvgIpc) is 2.93. The lowest BCUT2D eigenvalue weighted by molar-refractivity contribution is 0.287. The smallest absolute Gasteiger partial charge is 0.262 e. The van der Waals surface area contributed by atoms with E-state index in [4.69, 9.17) is 9.47 Å². The van der Waals surface area contributed by atoms with Gasteiger partial charge in [-0.25, -0.2) is 8.42 Å². The molecule has 114 valence electrons. The molecule has 2 rings (SSSR count). The highest BCUT2D eigenvalue weighted by Crippen LogP contribution is 2.30. The summed E-state index contributed by atoms with van der Waals surface area (Å²) in [6, 6.07) is 4.49. The van der Waals surface area contributed by atoms with Crippen LogP contribution in [0.5, 0.6) is 11.5 Å². The predicted octanol–water partition coefficient (Wildman–Crippen LogP) is 2.01. The first kappa shape index (κ1) is 15.2.